The van der Waals surface area contributed by atoms with Gasteiger partial charge in [-0.15, -0.1) is 0 Å². The van der Waals surface area contributed by atoms with Gasteiger partial charge in [-0.05, 0) is 67.5 Å². The average Bonchev–Trinajstić information content (AvgIpc) is 2.63. The minimum absolute atomic E-state index is 0.164. The molecule has 1 rings (SSSR count). The van der Waals surface area contributed by atoms with Crippen molar-refractivity contribution in [1.29, 1.82) is 0 Å². The lowest BCUT2D eigenvalue weighted by Crippen LogP contribution is -2.18. The molecule has 0 amide bonds. The van der Waals surface area contributed by atoms with Gasteiger partial charge in [0, 0.05) is 6.04 Å². The van der Waals surface area contributed by atoms with Gasteiger partial charge >= 0.3 is 0 Å². The molecule has 0 aliphatic carbocycles. The van der Waals surface area contributed by atoms with Gasteiger partial charge in [0.25, 0.3) is 0 Å². The fourth-order valence-corrected chi connectivity index (χ4v) is 3.86. The highest BCUT2D eigenvalue weighted by atomic mass is 32.1. The molecule has 1 aromatic carbocycles. The fraction of sp³-hybridized carbons (Fsp3) is 0.739. The average molecular weight is 380 g/mol. The van der Waals surface area contributed by atoms with E-state index in [9.17, 15) is 0 Å². The molecule has 0 aliphatic heterocycles. The minimum atomic E-state index is 0.164. The quantitative estimate of drug-likeness (QED) is 0.284. The van der Waals surface area contributed by atoms with Crippen molar-refractivity contribution >= 4 is 12.6 Å². The second kappa shape index (κ2) is 14.4. The van der Waals surface area contributed by atoms with Crippen molar-refractivity contribution in [2.75, 3.05) is 12.9 Å². The Hall–Kier alpha value is -0.670. The number of unbranched alkanes of at least 4 members (excludes halogenated alkanes) is 8. The van der Waals surface area contributed by atoms with Crippen molar-refractivity contribution in [2.45, 2.75) is 96.9 Å². The first kappa shape index (κ1) is 23.4. The predicted octanol–water partition coefficient (Wildman–Crippen LogP) is 6.13. The van der Waals surface area contributed by atoms with Crippen LogP contribution in [0.15, 0.2) is 12.1 Å². The summed E-state index contributed by atoms with van der Waals surface area (Å²) in [6, 6.07) is 4.75. The van der Waals surface area contributed by atoms with Crippen molar-refractivity contribution in [3.63, 3.8) is 0 Å². The summed E-state index contributed by atoms with van der Waals surface area (Å²) < 4.78 is 5.63. The zero-order chi connectivity index (χ0) is 19.2. The maximum Gasteiger partial charge on any atom is 0.122 e. The number of rotatable bonds is 15. The zero-order valence-corrected chi connectivity index (χ0v) is 18.3. The predicted molar refractivity (Wildman–Crippen MR) is 119 cm³/mol. The van der Waals surface area contributed by atoms with Crippen molar-refractivity contribution in [3.8, 4) is 5.75 Å². The number of hydrogen-bond acceptors (Lipinski definition) is 3. The molecule has 150 valence electrons. The molecule has 0 heterocycles. The number of hydrogen-bond donors (Lipinski definition) is 2. The molecule has 0 fully saturated rings. The Kier molecular flexibility index (Phi) is 12.9. The van der Waals surface area contributed by atoms with Gasteiger partial charge in [0.05, 0.1) is 7.11 Å². The third-order valence-corrected chi connectivity index (χ3v) is 5.45. The van der Waals surface area contributed by atoms with Crippen molar-refractivity contribution in [3.05, 3.63) is 28.8 Å². The van der Waals surface area contributed by atoms with Crippen LogP contribution < -0.4 is 10.5 Å². The molecule has 0 saturated carbocycles. The number of thiol groups is 1. The van der Waals surface area contributed by atoms with Crippen LogP contribution in [0.5, 0.6) is 5.75 Å². The number of nitrogens with two attached hydrogens (primary N) is 1. The van der Waals surface area contributed by atoms with E-state index in [4.69, 9.17) is 10.5 Å². The summed E-state index contributed by atoms with van der Waals surface area (Å²) >= 11 is 4.27. The number of methoxy groups -OCH3 is 1. The largest absolute Gasteiger partial charge is 0.496 e. The topological polar surface area (TPSA) is 35.2 Å². The van der Waals surface area contributed by atoms with Gasteiger partial charge in [-0.1, -0.05) is 57.9 Å². The smallest absolute Gasteiger partial charge is 0.122 e. The highest BCUT2D eigenvalue weighted by Crippen LogP contribution is 2.27. The van der Waals surface area contributed by atoms with E-state index in [2.05, 4.69) is 38.6 Å². The van der Waals surface area contributed by atoms with E-state index < -0.39 is 0 Å². The summed E-state index contributed by atoms with van der Waals surface area (Å²) in [5.41, 5.74) is 10.2. The molecular formula is C23H41NOS. The molecule has 2 nitrogen and oxygen atoms in total. The first-order valence-electron chi connectivity index (χ1n) is 10.7. The molecule has 0 saturated heterocycles. The standard InChI is InChI=1S/C23H41NOS/c1-4-20-17-22(16-19(2)24)23(25-3)18-21(20)14-12-10-8-6-5-7-9-11-13-15-26/h17-19,26H,4-16,24H2,1-3H3. The highest BCUT2D eigenvalue weighted by Gasteiger charge is 2.11. The lowest BCUT2D eigenvalue weighted by molar-refractivity contribution is 0.407. The third kappa shape index (κ3) is 9.32. The van der Waals surface area contributed by atoms with E-state index in [-0.39, 0.29) is 6.04 Å². The number of benzene rings is 1. The first-order chi connectivity index (χ1) is 12.6. The molecule has 2 N–H and O–H groups in total. The van der Waals surface area contributed by atoms with E-state index in [0.29, 0.717) is 0 Å². The highest BCUT2D eigenvalue weighted by molar-refractivity contribution is 7.80. The van der Waals surface area contributed by atoms with E-state index in [1.807, 2.05) is 0 Å². The lowest BCUT2D eigenvalue weighted by atomic mass is 9.94. The van der Waals surface area contributed by atoms with E-state index in [1.54, 1.807) is 7.11 Å². The molecule has 0 aliphatic rings. The molecule has 0 spiro atoms. The Morgan fingerprint density at radius 1 is 0.885 bits per heavy atom. The zero-order valence-electron chi connectivity index (χ0n) is 17.4. The maximum atomic E-state index is 5.99. The van der Waals surface area contributed by atoms with E-state index in [0.717, 1.165) is 24.3 Å². The molecule has 26 heavy (non-hydrogen) atoms. The molecule has 1 aromatic rings. The Labute approximate surface area is 167 Å². The van der Waals surface area contributed by atoms with Crippen LogP contribution in [0.4, 0.5) is 0 Å². The molecule has 0 aromatic heterocycles. The minimum Gasteiger partial charge on any atom is -0.496 e. The van der Waals surface area contributed by atoms with Crippen LogP contribution in [-0.4, -0.2) is 18.9 Å². The molecule has 1 unspecified atom stereocenters. The lowest BCUT2D eigenvalue weighted by Gasteiger charge is -2.16. The third-order valence-electron chi connectivity index (χ3n) is 5.13. The van der Waals surface area contributed by atoms with Crippen LogP contribution in [0.2, 0.25) is 0 Å². The Morgan fingerprint density at radius 3 is 1.96 bits per heavy atom. The van der Waals surface area contributed by atoms with Crippen molar-refractivity contribution < 1.29 is 4.74 Å². The molecule has 0 radical (unpaired) electrons. The molecule has 1 atom stereocenters. The van der Waals surface area contributed by atoms with Crippen LogP contribution in [0.1, 0.15) is 88.3 Å². The molecule has 0 bridgehead atoms. The van der Waals surface area contributed by atoms with Gasteiger partial charge in [0.15, 0.2) is 0 Å². The first-order valence-corrected chi connectivity index (χ1v) is 11.3. The van der Waals surface area contributed by atoms with Gasteiger partial charge in [-0.3, -0.25) is 0 Å². The van der Waals surface area contributed by atoms with E-state index in [1.165, 1.54) is 80.9 Å². The van der Waals surface area contributed by atoms with Gasteiger partial charge in [0.1, 0.15) is 5.75 Å². The van der Waals surface area contributed by atoms with Crippen LogP contribution in [0, 0.1) is 0 Å². The molecule has 3 heteroatoms. The van der Waals surface area contributed by atoms with Gasteiger partial charge in [0.2, 0.25) is 0 Å². The van der Waals surface area contributed by atoms with Crippen LogP contribution in [-0.2, 0) is 19.3 Å². The summed E-state index contributed by atoms with van der Waals surface area (Å²) in [5, 5.41) is 0. The van der Waals surface area contributed by atoms with Gasteiger partial charge in [-0.25, -0.2) is 0 Å². The van der Waals surface area contributed by atoms with Crippen LogP contribution in [0.25, 0.3) is 0 Å². The summed E-state index contributed by atoms with van der Waals surface area (Å²) in [6.07, 6.45) is 15.3. The normalized spacial score (nSPS) is 12.3. The fourth-order valence-electron chi connectivity index (χ4n) is 3.64. The van der Waals surface area contributed by atoms with Gasteiger partial charge < -0.3 is 10.5 Å². The summed E-state index contributed by atoms with van der Waals surface area (Å²) in [6.45, 7) is 4.30. The van der Waals surface area contributed by atoms with E-state index >= 15 is 0 Å². The molecular weight excluding hydrogens is 338 g/mol. The summed E-state index contributed by atoms with van der Waals surface area (Å²) in [7, 11) is 1.77. The Morgan fingerprint density at radius 2 is 1.46 bits per heavy atom. The van der Waals surface area contributed by atoms with Crippen LogP contribution >= 0.6 is 12.6 Å². The number of ether oxygens (including phenoxy) is 1. The maximum absolute atomic E-state index is 5.99. The van der Waals surface area contributed by atoms with Crippen LogP contribution in [0.3, 0.4) is 0 Å². The van der Waals surface area contributed by atoms with Crippen molar-refractivity contribution in [2.24, 2.45) is 5.73 Å². The second-order valence-corrected chi connectivity index (χ2v) is 8.07. The Balaban J connectivity index is 2.37. The summed E-state index contributed by atoms with van der Waals surface area (Å²) in [5.74, 6) is 2.05. The second-order valence-electron chi connectivity index (χ2n) is 7.62. The van der Waals surface area contributed by atoms with Gasteiger partial charge in [-0.2, -0.15) is 12.6 Å². The van der Waals surface area contributed by atoms with Crippen molar-refractivity contribution in [1.82, 2.24) is 0 Å². The number of aryl methyl sites for hydroxylation is 2. The SMILES string of the molecule is CCc1cc(CC(C)N)c(OC)cc1CCCCCCCCCCCS. The summed E-state index contributed by atoms with van der Waals surface area (Å²) in [4.78, 5) is 0. The Bertz CT molecular complexity index is 487. The monoisotopic (exact) mass is 379 g/mol.